The molecule has 27 heavy (non-hydrogen) atoms. The summed E-state index contributed by atoms with van der Waals surface area (Å²) in [5.41, 5.74) is 1.20. The molecule has 2 aromatic carbocycles. The van der Waals surface area contributed by atoms with Gasteiger partial charge in [-0.15, -0.1) is 0 Å². The van der Waals surface area contributed by atoms with Gasteiger partial charge in [0, 0.05) is 12.2 Å². The predicted octanol–water partition coefficient (Wildman–Crippen LogP) is 4.28. The minimum atomic E-state index is -0.200. The fourth-order valence-corrected chi connectivity index (χ4v) is 3.67. The number of piperidine rings is 1. The summed E-state index contributed by atoms with van der Waals surface area (Å²) in [6.45, 7) is 1.51. The van der Waals surface area contributed by atoms with E-state index >= 15 is 0 Å². The summed E-state index contributed by atoms with van der Waals surface area (Å²) >= 11 is 12.2. The fourth-order valence-electron chi connectivity index (χ4n) is 3.18. The maximum absolute atomic E-state index is 12.5. The summed E-state index contributed by atoms with van der Waals surface area (Å²) in [6, 6.07) is 14.5. The van der Waals surface area contributed by atoms with Gasteiger partial charge >= 0.3 is 0 Å². The first-order chi connectivity index (χ1) is 13.0. The number of benzene rings is 2. The standard InChI is InChI=1S/C20H21Cl2N3O2/c21-16-9-4-10-17(22)19(16)24-18(26)13-25-11-5-6-14(12-25)20(27)23-15-7-2-1-3-8-15/h1-4,7-10,14H,5-6,11-13H2,(H,23,27)(H,24,26). The number of rotatable bonds is 5. The van der Waals surface area contributed by atoms with Crippen LogP contribution in [-0.2, 0) is 9.59 Å². The number of carbonyl (C=O) groups is 2. The lowest BCUT2D eigenvalue weighted by Gasteiger charge is -2.31. The molecule has 1 atom stereocenters. The van der Waals surface area contributed by atoms with E-state index in [1.54, 1.807) is 18.2 Å². The first-order valence-electron chi connectivity index (χ1n) is 8.85. The van der Waals surface area contributed by atoms with Crippen molar-refractivity contribution in [1.82, 2.24) is 4.90 Å². The molecule has 0 saturated carbocycles. The fraction of sp³-hybridized carbons (Fsp3) is 0.300. The molecule has 0 bridgehead atoms. The van der Waals surface area contributed by atoms with Gasteiger partial charge in [-0.1, -0.05) is 47.5 Å². The Bertz CT molecular complexity index is 794. The Morgan fingerprint density at radius 1 is 1.00 bits per heavy atom. The summed E-state index contributed by atoms with van der Waals surface area (Å²) in [4.78, 5) is 26.9. The zero-order valence-corrected chi connectivity index (χ0v) is 16.3. The molecule has 7 heteroatoms. The van der Waals surface area contributed by atoms with Crippen LogP contribution < -0.4 is 10.6 Å². The topological polar surface area (TPSA) is 61.4 Å². The van der Waals surface area contributed by atoms with E-state index in [-0.39, 0.29) is 24.3 Å². The van der Waals surface area contributed by atoms with E-state index in [2.05, 4.69) is 10.6 Å². The summed E-state index contributed by atoms with van der Waals surface area (Å²) < 4.78 is 0. The molecule has 1 fully saturated rings. The number of likely N-dealkylation sites (tertiary alicyclic amines) is 1. The zero-order valence-electron chi connectivity index (χ0n) is 14.8. The molecule has 0 radical (unpaired) electrons. The minimum Gasteiger partial charge on any atom is -0.326 e. The number of anilines is 2. The van der Waals surface area contributed by atoms with E-state index in [4.69, 9.17) is 23.2 Å². The van der Waals surface area contributed by atoms with E-state index in [0.29, 0.717) is 22.3 Å². The first-order valence-corrected chi connectivity index (χ1v) is 9.60. The minimum absolute atomic E-state index is 0.0135. The molecular formula is C20H21Cl2N3O2. The molecule has 2 amide bonds. The van der Waals surface area contributed by atoms with Crippen molar-refractivity contribution in [2.75, 3.05) is 30.3 Å². The number of nitrogens with zero attached hydrogens (tertiary/aromatic N) is 1. The van der Waals surface area contributed by atoms with Crippen LogP contribution in [-0.4, -0.2) is 36.3 Å². The third kappa shape index (κ3) is 5.45. The van der Waals surface area contributed by atoms with E-state index in [1.165, 1.54) is 0 Å². The van der Waals surface area contributed by atoms with Crippen molar-refractivity contribution in [1.29, 1.82) is 0 Å². The van der Waals surface area contributed by atoms with Crippen molar-refractivity contribution in [3.05, 3.63) is 58.6 Å². The van der Waals surface area contributed by atoms with E-state index in [0.717, 1.165) is 25.1 Å². The molecule has 1 saturated heterocycles. The lowest BCUT2D eigenvalue weighted by Crippen LogP contribution is -2.44. The third-order valence-corrected chi connectivity index (χ3v) is 5.14. The molecule has 0 aromatic heterocycles. The number of carbonyl (C=O) groups excluding carboxylic acids is 2. The molecule has 142 valence electrons. The van der Waals surface area contributed by atoms with Crippen LogP contribution in [0.2, 0.25) is 10.0 Å². The molecule has 0 spiro atoms. The van der Waals surface area contributed by atoms with Crippen LogP contribution in [0.1, 0.15) is 12.8 Å². The molecule has 0 aliphatic carbocycles. The molecule has 1 aliphatic rings. The summed E-state index contributed by atoms with van der Waals surface area (Å²) in [6.07, 6.45) is 1.68. The second kappa shape index (κ2) is 9.22. The number of hydrogen-bond acceptors (Lipinski definition) is 3. The Hall–Kier alpha value is -2.08. The van der Waals surface area contributed by atoms with Gasteiger partial charge in [-0.3, -0.25) is 14.5 Å². The van der Waals surface area contributed by atoms with Crippen LogP contribution in [0.25, 0.3) is 0 Å². The molecule has 2 aromatic rings. The summed E-state index contributed by atoms with van der Waals surface area (Å²) in [5.74, 6) is -0.356. The van der Waals surface area contributed by atoms with E-state index < -0.39 is 0 Å². The lowest BCUT2D eigenvalue weighted by molar-refractivity contribution is -0.123. The normalized spacial score (nSPS) is 17.3. The number of halogens is 2. The zero-order chi connectivity index (χ0) is 19.2. The average Bonchev–Trinajstić information content (AvgIpc) is 2.66. The molecule has 1 heterocycles. The van der Waals surface area contributed by atoms with Crippen molar-refractivity contribution in [2.24, 2.45) is 5.92 Å². The van der Waals surface area contributed by atoms with Crippen LogP contribution in [0.15, 0.2) is 48.5 Å². The van der Waals surface area contributed by atoms with E-state index in [1.807, 2.05) is 35.2 Å². The van der Waals surface area contributed by atoms with Crippen LogP contribution >= 0.6 is 23.2 Å². The second-order valence-electron chi connectivity index (χ2n) is 6.57. The molecule has 1 aliphatic heterocycles. The average molecular weight is 406 g/mol. The van der Waals surface area contributed by atoms with Crippen LogP contribution in [0.4, 0.5) is 11.4 Å². The second-order valence-corrected chi connectivity index (χ2v) is 7.39. The SMILES string of the molecule is O=C(CN1CCCC(C(=O)Nc2ccccc2)C1)Nc1c(Cl)cccc1Cl. The molecule has 3 rings (SSSR count). The van der Waals surface area contributed by atoms with Gasteiger partial charge in [0.2, 0.25) is 11.8 Å². The van der Waals surface area contributed by atoms with Crippen molar-refractivity contribution < 1.29 is 9.59 Å². The van der Waals surface area contributed by atoms with Crippen LogP contribution in [0.3, 0.4) is 0 Å². The van der Waals surface area contributed by atoms with Gasteiger partial charge in [-0.05, 0) is 43.7 Å². The van der Waals surface area contributed by atoms with Crippen LogP contribution in [0.5, 0.6) is 0 Å². The highest BCUT2D eigenvalue weighted by Crippen LogP contribution is 2.29. The summed E-state index contributed by atoms with van der Waals surface area (Å²) in [5, 5.41) is 6.50. The molecular weight excluding hydrogens is 385 g/mol. The molecule has 5 nitrogen and oxygen atoms in total. The van der Waals surface area contributed by atoms with Crippen molar-refractivity contribution in [2.45, 2.75) is 12.8 Å². The lowest BCUT2D eigenvalue weighted by atomic mass is 9.97. The Kier molecular flexibility index (Phi) is 6.72. The van der Waals surface area contributed by atoms with Gasteiger partial charge in [0.1, 0.15) is 0 Å². The predicted molar refractivity (Wildman–Crippen MR) is 109 cm³/mol. The number of amides is 2. The van der Waals surface area contributed by atoms with Gasteiger partial charge in [-0.2, -0.15) is 0 Å². The maximum atomic E-state index is 12.5. The largest absolute Gasteiger partial charge is 0.326 e. The number of hydrogen-bond donors (Lipinski definition) is 2. The first kappa shape index (κ1) is 19.7. The van der Waals surface area contributed by atoms with Gasteiger partial charge in [-0.25, -0.2) is 0 Å². The maximum Gasteiger partial charge on any atom is 0.238 e. The highest BCUT2D eigenvalue weighted by molar-refractivity contribution is 6.39. The molecule has 1 unspecified atom stereocenters. The monoisotopic (exact) mass is 405 g/mol. The number of para-hydroxylation sites is 2. The third-order valence-electron chi connectivity index (χ3n) is 4.51. The quantitative estimate of drug-likeness (QED) is 0.779. The highest BCUT2D eigenvalue weighted by atomic mass is 35.5. The highest BCUT2D eigenvalue weighted by Gasteiger charge is 2.27. The Balaban J connectivity index is 1.55. The summed E-state index contributed by atoms with van der Waals surface area (Å²) in [7, 11) is 0. The smallest absolute Gasteiger partial charge is 0.238 e. The van der Waals surface area contributed by atoms with Crippen molar-refractivity contribution in [3.8, 4) is 0 Å². The Morgan fingerprint density at radius 2 is 1.70 bits per heavy atom. The Labute approximate surface area is 168 Å². The van der Waals surface area contributed by atoms with Crippen molar-refractivity contribution in [3.63, 3.8) is 0 Å². The van der Waals surface area contributed by atoms with Gasteiger partial charge in [0.05, 0.1) is 28.2 Å². The number of nitrogens with one attached hydrogen (secondary N) is 2. The van der Waals surface area contributed by atoms with Gasteiger partial charge < -0.3 is 10.6 Å². The van der Waals surface area contributed by atoms with Gasteiger partial charge in [0.25, 0.3) is 0 Å². The Morgan fingerprint density at radius 3 is 2.41 bits per heavy atom. The van der Waals surface area contributed by atoms with Crippen molar-refractivity contribution >= 4 is 46.4 Å². The van der Waals surface area contributed by atoms with Gasteiger partial charge in [0.15, 0.2) is 0 Å². The van der Waals surface area contributed by atoms with Crippen LogP contribution in [0, 0.1) is 5.92 Å². The van der Waals surface area contributed by atoms with E-state index in [9.17, 15) is 9.59 Å². The molecule has 2 N–H and O–H groups in total.